The van der Waals surface area contributed by atoms with E-state index in [9.17, 15) is 10.1 Å². The first-order valence-electron chi connectivity index (χ1n) is 8.14. The van der Waals surface area contributed by atoms with Crippen LogP contribution in [0.15, 0.2) is 48.8 Å². The fraction of sp³-hybridized carbons (Fsp3) is 0.250. The lowest BCUT2D eigenvalue weighted by molar-refractivity contribution is -0.115. The Morgan fingerprint density at radius 2 is 2.00 bits per heavy atom. The molecule has 1 aromatic carbocycles. The number of rotatable bonds is 4. The van der Waals surface area contributed by atoms with Crippen molar-refractivity contribution in [1.82, 2.24) is 9.38 Å². The Kier molecular flexibility index (Phi) is 4.28. The highest BCUT2D eigenvalue weighted by atomic mass is 16.1. The van der Waals surface area contributed by atoms with E-state index in [4.69, 9.17) is 0 Å². The second-order valence-corrected chi connectivity index (χ2v) is 6.67. The van der Waals surface area contributed by atoms with Crippen LogP contribution in [0.2, 0.25) is 0 Å². The molecule has 1 N–H and O–H groups in total. The minimum Gasteiger partial charge on any atom is -0.326 e. The van der Waals surface area contributed by atoms with Gasteiger partial charge in [0.15, 0.2) is 0 Å². The molecule has 0 saturated heterocycles. The van der Waals surface area contributed by atoms with Gasteiger partial charge in [-0.2, -0.15) is 5.26 Å². The van der Waals surface area contributed by atoms with Crippen LogP contribution in [0.25, 0.3) is 5.65 Å². The van der Waals surface area contributed by atoms with Gasteiger partial charge in [0.2, 0.25) is 5.91 Å². The molecule has 0 saturated carbocycles. The topological polar surface area (TPSA) is 70.2 Å². The Hall–Kier alpha value is -3.13. The van der Waals surface area contributed by atoms with Crippen molar-refractivity contribution in [2.75, 3.05) is 5.32 Å². The number of nitrogens with zero attached hydrogens (tertiary/aromatic N) is 3. The summed E-state index contributed by atoms with van der Waals surface area (Å²) in [7, 11) is 0. The third-order valence-corrected chi connectivity index (χ3v) is 4.32. The number of aryl methyl sites for hydroxylation is 1. The lowest BCUT2D eigenvalue weighted by Gasteiger charge is -2.16. The quantitative estimate of drug-likeness (QED) is 0.793. The number of anilines is 1. The van der Waals surface area contributed by atoms with E-state index in [2.05, 4.69) is 16.4 Å². The number of pyridine rings is 1. The number of nitriles is 1. The normalized spacial score (nSPS) is 11.3. The number of fused-ring (bicyclic) bond motifs is 1. The Labute approximate surface area is 146 Å². The highest BCUT2D eigenvalue weighted by molar-refractivity contribution is 5.92. The summed E-state index contributed by atoms with van der Waals surface area (Å²) in [6, 6.07) is 13.6. The van der Waals surface area contributed by atoms with E-state index in [1.807, 2.05) is 67.8 Å². The van der Waals surface area contributed by atoms with Crippen molar-refractivity contribution in [2.24, 2.45) is 0 Å². The zero-order valence-electron chi connectivity index (χ0n) is 14.6. The van der Waals surface area contributed by atoms with Gasteiger partial charge >= 0.3 is 0 Å². The molecule has 2 aromatic heterocycles. The fourth-order valence-corrected chi connectivity index (χ4v) is 2.74. The number of carbonyl (C=O) groups excluding carboxylic acids is 1. The van der Waals surface area contributed by atoms with Crippen LogP contribution >= 0.6 is 0 Å². The van der Waals surface area contributed by atoms with Crippen LogP contribution in [-0.4, -0.2) is 15.3 Å². The standard InChI is InChI=1S/C20H20N4O/c1-14-5-4-10-24-17(12-22-19(14)24)11-18(25)23-16-8-6-15(7-9-16)20(2,3)13-21/h4-10,12H,11H2,1-3H3,(H,23,25). The third-order valence-electron chi connectivity index (χ3n) is 4.32. The first-order chi connectivity index (χ1) is 11.9. The molecule has 0 fully saturated rings. The maximum atomic E-state index is 12.3. The van der Waals surface area contributed by atoms with Gasteiger partial charge < -0.3 is 9.72 Å². The molecule has 1 amide bonds. The maximum absolute atomic E-state index is 12.3. The fourth-order valence-electron chi connectivity index (χ4n) is 2.74. The number of imidazole rings is 1. The SMILES string of the molecule is Cc1cccn2c(CC(=O)Nc3ccc(C(C)(C)C#N)cc3)cnc12. The van der Waals surface area contributed by atoms with Crippen LogP contribution in [0.3, 0.4) is 0 Å². The Balaban J connectivity index is 1.72. The molecule has 0 unspecified atom stereocenters. The molecule has 0 spiro atoms. The van der Waals surface area contributed by atoms with E-state index in [0.717, 1.165) is 22.5 Å². The Morgan fingerprint density at radius 3 is 2.68 bits per heavy atom. The molecular weight excluding hydrogens is 312 g/mol. The maximum Gasteiger partial charge on any atom is 0.230 e. The van der Waals surface area contributed by atoms with Gasteiger partial charge in [0.05, 0.1) is 23.6 Å². The minimum atomic E-state index is -0.545. The number of nitrogens with one attached hydrogen (secondary N) is 1. The van der Waals surface area contributed by atoms with Crippen LogP contribution in [0.5, 0.6) is 0 Å². The van der Waals surface area contributed by atoms with Crippen molar-refractivity contribution in [1.29, 1.82) is 5.26 Å². The van der Waals surface area contributed by atoms with E-state index in [0.29, 0.717) is 5.69 Å². The van der Waals surface area contributed by atoms with Crippen LogP contribution in [0.1, 0.15) is 30.7 Å². The van der Waals surface area contributed by atoms with Crippen LogP contribution < -0.4 is 5.32 Å². The Morgan fingerprint density at radius 1 is 1.28 bits per heavy atom. The molecule has 0 aliphatic heterocycles. The average Bonchev–Trinajstić information content (AvgIpc) is 2.99. The summed E-state index contributed by atoms with van der Waals surface area (Å²) in [6.45, 7) is 5.73. The van der Waals surface area contributed by atoms with E-state index in [-0.39, 0.29) is 12.3 Å². The van der Waals surface area contributed by atoms with Gasteiger partial charge in [0.25, 0.3) is 0 Å². The summed E-state index contributed by atoms with van der Waals surface area (Å²) < 4.78 is 1.94. The molecular formula is C20H20N4O. The molecule has 0 aliphatic rings. The number of benzene rings is 1. The summed E-state index contributed by atoms with van der Waals surface area (Å²) in [5.74, 6) is -0.101. The zero-order valence-corrected chi connectivity index (χ0v) is 14.6. The number of aromatic nitrogens is 2. The number of hydrogen-bond acceptors (Lipinski definition) is 3. The van der Waals surface area contributed by atoms with Crippen molar-refractivity contribution in [3.05, 3.63) is 65.6 Å². The van der Waals surface area contributed by atoms with Gasteiger partial charge in [-0.15, -0.1) is 0 Å². The summed E-state index contributed by atoms with van der Waals surface area (Å²) in [5, 5.41) is 12.1. The molecule has 3 aromatic rings. The average molecular weight is 332 g/mol. The summed E-state index contributed by atoms with van der Waals surface area (Å²) in [4.78, 5) is 16.7. The minimum absolute atomic E-state index is 0.101. The molecule has 2 heterocycles. The van der Waals surface area contributed by atoms with Crippen molar-refractivity contribution in [3.63, 3.8) is 0 Å². The molecule has 126 valence electrons. The van der Waals surface area contributed by atoms with Crippen LogP contribution in [-0.2, 0) is 16.6 Å². The largest absolute Gasteiger partial charge is 0.326 e. The van der Waals surface area contributed by atoms with Crippen molar-refractivity contribution in [2.45, 2.75) is 32.6 Å². The molecule has 5 heteroatoms. The van der Waals surface area contributed by atoms with Crippen LogP contribution in [0.4, 0.5) is 5.69 Å². The summed E-state index contributed by atoms with van der Waals surface area (Å²) in [5.41, 5.74) is 3.88. The van der Waals surface area contributed by atoms with Crippen molar-refractivity contribution in [3.8, 4) is 6.07 Å². The molecule has 3 rings (SSSR count). The molecule has 5 nitrogen and oxygen atoms in total. The van der Waals surface area contributed by atoms with E-state index >= 15 is 0 Å². The summed E-state index contributed by atoms with van der Waals surface area (Å²) in [6.07, 6.45) is 3.90. The van der Waals surface area contributed by atoms with Gasteiger partial charge in [0.1, 0.15) is 5.65 Å². The molecule has 0 radical (unpaired) electrons. The first-order valence-corrected chi connectivity index (χ1v) is 8.14. The molecule has 0 aliphatic carbocycles. The van der Waals surface area contributed by atoms with E-state index in [1.54, 1.807) is 6.20 Å². The van der Waals surface area contributed by atoms with Gasteiger partial charge in [0, 0.05) is 18.1 Å². The van der Waals surface area contributed by atoms with Gasteiger partial charge in [-0.1, -0.05) is 18.2 Å². The van der Waals surface area contributed by atoms with Gasteiger partial charge in [-0.25, -0.2) is 4.98 Å². The smallest absolute Gasteiger partial charge is 0.230 e. The molecule has 25 heavy (non-hydrogen) atoms. The predicted octanol–water partition coefficient (Wildman–Crippen LogP) is 3.63. The van der Waals surface area contributed by atoms with Crippen molar-refractivity contribution >= 4 is 17.2 Å². The highest BCUT2D eigenvalue weighted by Gasteiger charge is 2.19. The van der Waals surface area contributed by atoms with E-state index in [1.165, 1.54) is 0 Å². The monoisotopic (exact) mass is 332 g/mol. The second-order valence-electron chi connectivity index (χ2n) is 6.67. The zero-order chi connectivity index (χ0) is 18.0. The van der Waals surface area contributed by atoms with E-state index < -0.39 is 5.41 Å². The number of hydrogen-bond donors (Lipinski definition) is 1. The first kappa shape index (κ1) is 16.7. The number of amides is 1. The van der Waals surface area contributed by atoms with Gasteiger partial charge in [-0.3, -0.25) is 4.79 Å². The second kappa shape index (κ2) is 6.40. The lowest BCUT2D eigenvalue weighted by atomic mass is 9.86. The predicted molar refractivity (Wildman–Crippen MR) is 97.3 cm³/mol. The highest BCUT2D eigenvalue weighted by Crippen LogP contribution is 2.23. The van der Waals surface area contributed by atoms with Gasteiger partial charge in [-0.05, 0) is 50.1 Å². The number of carbonyl (C=O) groups is 1. The third kappa shape index (κ3) is 3.38. The molecule has 0 bridgehead atoms. The van der Waals surface area contributed by atoms with Crippen molar-refractivity contribution < 1.29 is 4.79 Å². The summed E-state index contributed by atoms with van der Waals surface area (Å²) >= 11 is 0. The Bertz CT molecular complexity index is 962. The molecule has 0 atom stereocenters. The lowest BCUT2D eigenvalue weighted by Crippen LogP contribution is -2.16. The van der Waals surface area contributed by atoms with Crippen LogP contribution in [0, 0.1) is 18.3 Å².